The molecule has 0 bridgehead atoms. The number of hydrogen-bond donors (Lipinski definition) is 0. The molecule has 3 saturated heterocycles. The smallest absolute Gasteiger partial charge is 0.289 e. The van der Waals surface area contributed by atoms with E-state index in [0.717, 1.165) is 63.7 Å². The van der Waals surface area contributed by atoms with E-state index in [2.05, 4.69) is 28.6 Å². The van der Waals surface area contributed by atoms with Gasteiger partial charge in [-0.1, -0.05) is 17.1 Å². The molecular weight excluding hydrogens is 595 g/mol. The Morgan fingerprint density at radius 3 is 2.38 bits per heavy atom. The van der Waals surface area contributed by atoms with E-state index in [-0.39, 0.29) is 40.5 Å². The van der Waals surface area contributed by atoms with Gasteiger partial charge in [-0.25, -0.2) is 21.8 Å². The van der Waals surface area contributed by atoms with Crippen molar-refractivity contribution in [3.05, 3.63) is 64.1 Å². The van der Waals surface area contributed by atoms with E-state index in [4.69, 9.17) is 0 Å². The van der Waals surface area contributed by atoms with E-state index in [9.17, 15) is 22.8 Å². The molecule has 1 amide bonds. The topological polar surface area (TPSA) is 104 Å². The first-order valence-electron chi connectivity index (χ1n) is 16.5. The van der Waals surface area contributed by atoms with Gasteiger partial charge in [0.05, 0.1) is 5.25 Å². The van der Waals surface area contributed by atoms with Gasteiger partial charge in [0, 0.05) is 70.4 Å². The van der Waals surface area contributed by atoms with E-state index in [1.165, 1.54) is 12.4 Å². The van der Waals surface area contributed by atoms with Gasteiger partial charge in [0.15, 0.2) is 5.69 Å². The monoisotopic (exact) mass is 642 g/mol. The zero-order valence-corrected chi connectivity index (χ0v) is 27.8. The summed E-state index contributed by atoms with van der Waals surface area (Å²) in [5.41, 5.74) is 2.26. The molecule has 6 rings (SSSR count). The van der Waals surface area contributed by atoms with Crippen LogP contribution in [0.5, 0.6) is 0 Å². The number of rotatable bonds is 7. The second-order valence-electron chi connectivity index (χ2n) is 13.9. The number of carbonyl (C=O) groups is 1. The molecule has 12 heteroatoms. The number of sulfonamides is 1. The first kappa shape index (κ1) is 32.3. The highest BCUT2D eigenvalue weighted by molar-refractivity contribution is 7.90. The number of nitrogens with zero attached hydrogens (tertiary/aromatic N) is 6. The highest BCUT2D eigenvalue weighted by Crippen LogP contribution is 2.41. The average molecular weight is 643 g/mol. The van der Waals surface area contributed by atoms with Gasteiger partial charge in [-0.3, -0.25) is 14.6 Å². The molecule has 246 valence electrons. The molecule has 10 nitrogen and oxygen atoms in total. The fourth-order valence-corrected chi connectivity index (χ4v) is 9.83. The quantitative estimate of drug-likeness (QED) is 0.337. The maximum absolute atomic E-state index is 14.5. The molecule has 1 aliphatic carbocycles. The molecule has 1 aromatic carbocycles. The van der Waals surface area contributed by atoms with Gasteiger partial charge >= 0.3 is 0 Å². The lowest BCUT2D eigenvalue weighted by molar-refractivity contribution is -0.615. The summed E-state index contributed by atoms with van der Waals surface area (Å²) in [6.45, 7) is 12.8. The minimum atomic E-state index is -3.19. The highest BCUT2D eigenvalue weighted by Gasteiger charge is 2.45. The molecule has 4 heterocycles. The number of hydrogen-bond acceptors (Lipinski definition) is 7. The van der Waals surface area contributed by atoms with Gasteiger partial charge in [0.2, 0.25) is 10.0 Å². The average Bonchev–Trinajstić information content (AvgIpc) is 3.88. The van der Waals surface area contributed by atoms with Crippen LogP contribution in [0, 0.1) is 30.8 Å². The van der Waals surface area contributed by atoms with Crippen LogP contribution in [0.4, 0.5) is 4.39 Å². The molecule has 2 aromatic rings. The molecule has 4 fully saturated rings. The molecule has 0 radical (unpaired) electrons. The van der Waals surface area contributed by atoms with Crippen LogP contribution in [0.1, 0.15) is 85.7 Å². The van der Waals surface area contributed by atoms with Crippen molar-refractivity contribution in [1.82, 2.24) is 24.0 Å². The normalized spacial score (nSPS) is 24.9. The Balaban J connectivity index is 1.12. The van der Waals surface area contributed by atoms with Crippen LogP contribution in [0.15, 0.2) is 30.6 Å². The highest BCUT2D eigenvalue weighted by atomic mass is 32.2. The number of aromatic nitrogens is 2. The fraction of sp³-hybridized carbons (Fsp3) is 0.667. The summed E-state index contributed by atoms with van der Waals surface area (Å²) in [5, 5.41) is 11.9. The summed E-state index contributed by atoms with van der Waals surface area (Å²) in [6.07, 6.45) is 5.96. The van der Waals surface area contributed by atoms with Crippen molar-refractivity contribution in [3.63, 3.8) is 0 Å². The summed E-state index contributed by atoms with van der Waals surface area (Å²) in [4.78, 5) is 24.5. The summed E-state index contributed by atoms with van der Waals surface area (Å²) < 4.78 is 42.7. The lowest BCUT2D eigenvalue weighted by atomic mass is 9.82. The largest absolute Gasteiger partial charge is 0.711 e. The van der Waals surface area contributed by atoms with Gasteiger partial charge in [0.1, 0.15) is 17.1 Å². The number of carbonyl (C=O) groups excluding carboxylic acids is 1. The van der Waals surface area contributed by atoms with Crippen LogP contribution in [0.2, 0.25) is 0 Å². The third-order valence-electron chi connectivity index (χ3n) is 11.0. The first-order valence-corrected chi connectivity index (χ1v) is 18.0. The van der Waals surface area contributed by atoms with E-state index in [1.807, 2.05) is 11.0 Å². The third kappa shape index (κ3) is 6.35. The number of likely N-dealkylation sites (tertiary alicyclic amines) is 1. The van der Waals surface area contributed by atoms with Crippen molar-refractivity contribution >= 4 is 15.9 Å². The van der Waals surface area contributed by atoms with E-state index < -0.39 is 10.0 Å². The van der Waals surface area contributed by atoms with Crippen LogP contribution < -0.4 is 4.73 Å². The maximum atomic E-state index is 14.5. The van der Waals surface area contributed by atoms with Crippen LogP contribution >= 0.6 is 0 Å². The Morgan fingerprint density at radius 1 is 1.07 bits per heavy atom. The Bertz CT molecular complexity index is 1520. The third-order valence-corrected chi connectivity index (χ3v) is 13.4. The number of aryl methyl sites for hydroxylation is 1. The van der Waals surface area contributed by atoms with Crippen LogP contribution in [0.25, 0.3) is 0 Å². The molecule has 0 unspecified atom stereocenters. The molecule has 1 saturated carbocycles. The summed E-state index contributed by atoms with van der Waals surface area (Å²) >= 11 is 0. The van der Waals surface area contributed by atoms with Gasteiger partial charge in [-0.15, -0.1) is 0 Å². The summed E-state index contributed by atoms with van der Waals surface area (Å²) in [6, 6.07) is 7.18. The SMILES string of the molecule is Cc1nc[n+]([O-])c(C)c1C(=O)N1CCC(C)(N2CCN([C@H](c3cccc(F)c3)C3CCN(S(=O)(=O)C4CC4)CC3)[C@@H](C)C2)CC1. The number of benzene rings is 1. The van der Waals surface area contributed by atoms with Crippen molar-refractivity contribution < 1.29 is 22.3 Å². The van der Waals surface area contributed by atoms with Gasteiger partial charge in [-0.2, -0.15) is 0 Å². The van der Waals surface area contributed by atoms with Crippen molar-refractivity contribution in [2.24, 2.45) is 5.92 Å². The van der Waals surface area contributed by atoms with Crippen molar-refractivity contribution in [2.75, 3.05) is 45.8 Å². The molecule has 3 aliphatic heterocycles. The van der Waals surface area contributed by atoms with Gasteiger partial charge in [-0.05, 0) is 82.9 Å². The molecular formula is C33H47FN6O4S. The second kappa shape index (κ2) is 12.5. The molecule has 45 heavy (non-hydrogen) atoms. The van der Waals surface area contributed by atoms with E-state index >= 15 is 0 Å². The fourth-order valence-electron chi connectivity index (χ4n) is 7.96. The minimum Gasteiger partial charge on any atom is -0.711 e. The molecule has 4 aliphatic rings. The number of piperidine rings is 2. The van der Waals surface area contributed by atoms with Gasteiger partial charge < -0.3 is 10.1 Å². The Labute approximate surface area is 266 Å². The van der Waals surface area contributed by atoms with Crippen LogP contribution in [-0.4, -0.2) is 101 Å². The number of halogens is 1. The Hall–Kier alpha value is -2.67. The van der Waals surface area contributed by atoms with Crippen LogP contribution in [0.3, 0.4) is 0 Å². The Kier molecular flexibility index (Phi) is 8.97. The lowest BCUT2D eigenvalue weighted by Crippen LogP contribution is -2.63. The molecule has 2 atom stereocenters. The Morgan fingerprint density at radius 2 is 1.76 bits per heavy atom. The molecule has 0 N–H and O–H groups in total. The van der Waals surface area contributed by atoms with Crippen molar-refractivity contribution in [2.45, 2.75) is 89.1 Å². The van der Waals surface area contributed by atoms with Crippen molar-refractivity contribution in [1.29, 1.82) is 0 Å². The minimum absolute atomic E-state index is 0.0191. The van der Waals surface area contributed by atoms with E-state index in [0.29, 0.717) is 47.9 Å². The molecule has 0 spiro atoms. The number of piperazine rings is 1. The lowest BCUT2D eigenvalue weighted by Gasteiger charge is -2.54. The van der Waals surface area contributed by atoms with Gasteiger partial charge in [0.25, 0.3) is 12.2 Å². The molecule has 1 aromatic heterocycles. The van der Waals surface area contributed by atoms with Crippen molar-refractivity contribution in [3.8, 4) is 0 Å². The van der Waals surface area contributed by atoms with E-state index in [1.54, 1.807) is 30.3 Å². The summed E-state index contributed by atoms with van der Waals surface area (Å²) in [7, 11) is -3.19. The number of amides is 1. The second-order valence-corrected chi connectivity index (χ2v) is 16.1. The first-order chi connectivity index (χ1) is 21.4. The predicted octanol–water partition coefficient (Wildman–Crippen LogP) is 3.42. The summed E-state index contributed by atoms with van der Waals surface area (Å²) in [5.74, 6) is -0.131. The standard InChI is InChI=1S/C33H47FN6O4S/c1-23-21-37(33(4)12-16-36(17-13-33)32(41)30-24(2)35-22-40(42)25(30)3)18-19-39(23)31(27-6-5-7-28(34)20-27)26-10-14-38(15-11-26)45(43,44)29-8-9-29/h5-7,20,22-23,26,29,31H,8-19,21H2,1-4H3/t23-,31-/m0/s1. The van der Waals surface area contributed by atoms with Crippen LogP contribution in [-0.2, 0) is 10.0 Å². The zero-order valence-electron chi connectivity index (χ0n) is 27.0. The predicted molar refractivity (Wildman–Crippen MR) is 169 cm³/mol. The zero-order chi connectivity index (χ0) is 32.1. The maximum Gasteiger partial charge on any atom is 0.289 e.